The van der Waals surface area contributed by atoms with Crippen LogP contribution in [0.5, 0.6) is 0 Å². The molecule has 3 heterocycles. The van der Waals surface area contributed by atoms with E-state index >= 15 is 0 Å². The minimum atomic E-state index is 0.674. The molecule has 7 nitrogen and oxygen atoms in total. The molecular weight excluding hydrogens is 252 g/mol. The molecule has 0 saturated heterocycles. The number of rotatable bonds is 4. The molecule has 0 bridgehead atoms. The van der Waals surface area contributed by atoms with E-state index in [4.69, 9.17) is 0 Å². The molecule has 1 N–H and O–H groups in total. The van der Waals surface area contributed by atoms with Gasteiger partial charge >= 0.3 is 0 Å². The normalized spacial score (nSPS) is 10.9. The lowest BCUT2D eigenvalue weighted by Crippen LogP contribution is -2.07. The molecule has 0 amide bonds. The second-order valence-electron chi connectivity index (χ2n) is 3.69. The Hall–Kier alpha value is -2.09. The van der Waals surface area contributed by atoms with Crippen LogP contribution in [0.2, 0.25) is 0 Å². The first-order valence-corrected chi connectivity index (χ1v) is 6.18. The highest BCUT2D eigenvalue weighted by Crippen LogP contribution is 2.25. The summed E-state index contributed by atoms with van der Waals surface area (Å²) < 4.78 is 8.95. The molecule has 3 rings (SSSR count). The van der Waals surface area contributed by atoms with Gasteiger partial charge in [0.1, 0.15) is 17.0 Å². The van der Waals surface area contributed by atoms with Crippen LogP contribution in [0, 0.1) is 6.92 Å². The minimum absolute atomic E-state index is 0.674. The molecule has 8 heteroatoms. The Morgan fingerprint density at radius 3 is 3.11 bits per heavy atom. The van der Waals surface area contributed by atoms with E-state index < -0.39 is 0 Å². The van der Waals surface area contributed by atoms with Gasteiger partial charge in [-0.25, -0.2) is 9.97 Å². The van der Waals surface area contributed by atoms with Crippen molar-refractivity contribution >= 4 is 27.6 Å². The van der Waals surface area contributed by atoms with Crippen LogP contribution in [-0.2, 0) is 6.42 Å². The second kappa shape index (κ2) is 4.65. The molecule has 0 spiro atoms. The van der Waals surface area contributed by atoms with E-state index in [0.29, 0.717) is 18.8 Å². The zero-order chi connectivity index (χ0) is 12.4. The van der Waals surface area contributed by atoms with E-state index in [1.54, 1.807) is 0 Å². The highest BCUT2D eigenvalue weighted by molar-refractivity contribution is 7.13. The molecule has 3 aromatic rings. The van der Waals surface area contributed by atoms with Gasteiger partial charge in [-0.3, -0.25) is 0 Å². The third-order valence-electron chi connectivity index (χ3n) is 2.49. The quantitative estimate of drug-likeness (QED) is 0.760. The number of anilines is 1. The molecular formula is C10H10N6OS. The van der Waals surface area contributed by atoms with E-state index in [0.717, 1.165) is 21.7 Å². The van der Waals surface area contributed by atoms with Crippen molar-refractivity contribution in [1.82, 2.24) is 24.5 Å². The lowest BCUT2D eigenvalue weighted by Gasteiger charge is -2.04. The Morgan fingerprint density at radius 2 is 2.28 bits per heavy atom. The molecule has 0 unspecified atom stereocenters. The van der Waals surface area contributed by atoms with Gasteiger partial charge in [0.15, 0.2) is 5.82 Å². The van der Waals surface area contributed by atoms with Crippen LogP contribution in [-0.4, -0.2) is 31.0 Å². The van der Waals surface area contributed by atoms with Crippen molar-refractivity contribution in [2.24, 2.45) is 0 Å². The van der Waals surface area contributed by atoms with Crippen LogP contribution in [0.1, 0.15) is 11.5 Å². The minimum Gasteiger partial charge on any atom is -0.369 e. The SMILES string of the molecule is Cc1nsc2ncnc(NCCc3ncon3)c12. The number of aromatic nitrogens is 5. The summed E-state index contributed by atoms with van der Waals surface area (Å²) in [5.41, 5.74) is 0.942. The van der Waals surface area contributed by atoms with E-state index in [9.17, 15) is 0 Å². The highest BCUT2D eigenvalue weighted by atomic mass is 32.1. The fourth-order valence-electron chi connectivity index (χ4n) is 1.65. The van der Waals surface area contributed by atoms with Gasteiger partial charge in [-0.15, -0.1) is 0 Å². The van der Waals surface area contributed by atoms with Gasteiger partial charge in [0.05, 0.1) is 11.1 Å². The Labute approximate surface area is 106 Å². The summed E-state index contributed by atoms with van der Waals surface area (Å²) in [5.74, 6) is 1.47. The van der Waals surface area contributed by atoms with Crippen LogP contribution in [0.25, 0.3) is 10.2 Å². The molecule has 3 aromatic heterocycles. The summed E-state index contributed by atoms with van der Waals surface area (Å²) >= 11 is 1.38. The summed E-state index contributed by atoms with van der Waals surface area (Å²) in [4.78, 5) is 13.3. The van der Waals surface area contributed by atoms with E-state index in [-0.39, 0.29) is 0 Å². The van der Waals surface area contributed by atoms with Gasteiger partial charge in [-0.05, 0) is 18.5 Å². The second-order valence-corrected chi connectivity index (χ2v) is 4.45. The van der Waals surface area contributed by atoms with Gasteiger partial charge in [0, 0.05) is 13.0 Å². The van der Waals surface area contributed by atoms with Crippen LogP contribution in [0.15, 0.2) is 17.2 Å². The maximum atomic E-state index is 4.67. The molecule has 0 aliphatic rings. The Kier molecular flexibility index (Phi) is 2.85. The van der Waals surface area contributed by atoms with Gasteiger partial charge in [0.2, 0.25) is 6.39 Å². The lowest BCUT2D eigenvalue weighted by molar-refractivity contribution is 0.410. The first kappa shape index (κ1) is 11.0. The largest absolute Gasteiger partial charge is 0.369 e. The van der Waals surface area contributed by atoms with Crippen molar-refractivity contribution in [3.8, 4) is 0 Å². The Bertz CT molecular complexity index is 649. The maximum absolute atomic E-state index is 4.67. The first-order chi connectivity index (χ1) is 8.84. The average molecular weight is 262 g/mol. The smallest absolute Gasteiger partial charge is 0.213 e. The van der Waals surface area contributed by atoms with Gasteiger partial charge < -0.3 is 9.84 Å². The third-order valence-corrected chi connectivity index (χ3v) is 3.34. The van der Waals surface area contributed by atoms with Crippen LogP contribution in [0.3, 0.4) is 0 Å². The Morgan fingerprint density at radius 1 is 1.33 bits per heavy atom. The molecule has 0 aromatic carbocycles. The molecule has 0 aliphatic carbocycles. The number of hydrogen-bond acceptors (Lipinski definition) is 8. The Balaban J connectivity index is 1.76. The number of fused-ring (bicyclic) bond motifs is 1. The van der Waals surface area contributed by atoms with Gasteiger partial charge in [0.25, 0.3) is 0 Å². The maximum Gasteiger partial charge on any atom is 0.213 e. The highest BCUT2D eigenvalue weighted by Gasteiger charge is 2.09. The fourth-order valence-corrected chi connectivity index (χ4v) is 2.40. The van der Waals surface area contributed by atoms with E-state index in [1.807, 2.05) is 6.92 Å². The monoisotopic (exact) mass is 262 g/mol. The molecule has 18 heavy (non-hydrogen) atoms. The van der Waals surface area contributed by atoms with Crippen LogP contribution in [0.4, 0.5) is 5.82 Å². The predicted molar refractivity (Wildman–Crippen MR) is 66.4 cm³/mol. The molecule has 0 aliphatic heterocycles. The summed E-state index contributed by atoms with van der Waals surface area (Å²) in [5, 5.41) is 7.98. The summed E-state index contributed by atoms with van der Waals surface area (Å²) in [6.07, 6.45) is 3.54. The van der Waals surface area contributed by atoms with E-state index in [1.165, 1.54) is 24.3 Å². The zero-order valence-electron chi connectivity index (χ0n) is 9.62. The summed E-state index contributed by atoms with van der Waals surface area (Å²) in [6.45, 7) is 2.63. The average Bonchev–Trinajstić information content (AvgIpc) is 3.00. The van der Waals surface area contributed by atoms with E-state index in [2.05, 4.69) is 34.3 Å². The van der Waals surface area contributed by atoms with Crippen molar-refractivity contribution in [2.75, 3.05) is 11.9 Å². The van der Waals surface area contributed by atoms with Crippen molar-refractivity contribution in [2.45, 2.75) is 13.3 Å². The number of nitrogens with zero attached hydrogens (tertiary/aromatic N) is 5. The number of nitrogens with one attached hydrogen (secondary N) is 1. The van der Waals surface area contributed by atoms with Crippen molar-refractivity contribution < 1.29 is 4.52 Å². The standard InChI is InChI=1S/C10H10N6OS/c1-6-8-9(12-4-13-10(8)18-16-6)11-3-2-7-14-5-17-15-7/h4-5H,2-3H2,1H3,(H,11,12,13). The van der Waals surface area contributed by atoms with Crippen LogP contribution >= 0.6 is 11.5 Å². The topological polar surface area (TPSA) is 89.6 Å². The molecule has 0 radical (unpaired) electrons. The molecule has 0 saturated carbocycles. The lowest BCUT2D eigenvalue weighted by atomic mass is 10.3. The number of hydrogen-bond donors (Lipinski definition) is 1. The molecule has 92 valence electrons. The fraction of sp³-hybridized carbons (Fsp3) is 0.300. The van der Waals surface area contributed by atoms with Gasteiger partial charge in [-0.2, -0.15) is 9.36 Å². The van der Waals surface area contributed by atoms with Crippen molar-refractivity contribution in [3.63, 3.8) is 0 Å². The zero-order valence-corrected chi connectivity index (χ0v) is 10.4. The van der Waals surface area contributed by atoms with Gasteiger partial charge in [-0.1, -0.05) is 5.16 Å². The predicted octanol–water partition coefficient (Wildman–Crippen LogP) is 1.43. The third kappa shape index (κ3) is 2.02. The van der Waals surface area contributed by atoms with Crippen LogP contribution < -0.4 is 5.32 Å². The summed E-state index contributed by atoms with van der Waals surface area (Å²) in [7, 11) is 0. The van der Waals surface area contributed by atoms with Crippen molar-refractivity contribution in [3.05, 3.63) is 24.2 Å². The molecule has 0 atom stereocenters. The number of aryl methyl sites for hydroxylation is 1. The van der Waals surface area contributed by atoms with Crippen molar-refractivity contribution in [1.29, 1.82) is 0 Å². The summed E-state index contributed by atoms with van der Waals surface area (Å²) in [6, 6.07) is 0. The first-order valence-electron chi connectivity index (χ1n) is 5.40. The molecule has 0 fully saturated rings.